The van der Waals surface area contributed by atoms with Gasteiger partial charge in [0, 0.05) is 47.7 Å². The van der Waals surface area contributed by atoms with E-state index in [9.17, 15) is 4.79 Å². The summed E-state index contributed by atoms with van der Waals surface area (Å²) in [6.45, 7) is 1.83. The Morgan fingerprint density at radius 2 is 1.83 bits per heavy atom. The van der Waals surface area contributed by atoms with Crippen molar-refractivity contribution in [3.8, 4) is 11.5 Å². The van der Waals surface area contributed by atoms with Crippen LogP contribution < -0.4 is 9.47 Å². The minimum absolute atomic E-state index is 0.0284. The number of methoxy groups -OCH3 is 2. The Kier molecular flexibility index (Phi) is 6.59. The van der Waals surface area contributed by atoms with Crippen molar-refractivity contribution in [2.45, 2.75) is 25.3 Å². The summed E-state index contributed by atoms with van der Waals surface area (Å²) in [7, 11) is 3.36. The van der Waals surface area contributed by atoms with Crippen LogP contribution in [0.25, 0.3) is 10.9 Å². The average molecular weight is 491 g/mol. The molecule has 0 N–H and O–H groups in total. The summed E-state index contributed by atoms with van der Waals surface area (Å²) in [5.41, 5.74) is 3.48. The summed E-state index contributed by atoms with van der Waals surface area (Å²) in [6, 6.07) is 11.5. The molecule has 4 aromatic rings. The number of aromatic nitrogens is 3. The molecule has 0 unspecified atom stereocenters. The van der Waals surface area contributed by atoms with Crippen molar-refractivity contribution in [1.82, 2.24) is 19.4 Å². The number of nitrogens with zero attached hydrogens (tertiary/aromatic N) is 4. The Morgan fingerprint density at radius 3 is 2.49 bits per heavy atom. The highest BCUT2D eigenvalue weighted by Gasteiger charge is 2.29. The summed E-state index contributed by atoms with van der Waals surface area (Å²) >= 11 is 6.30. The third kappa shape index (κ3) is 4.56. The zero-order valence-electron chi connectivity index (χ0n) is 19.8. The molecule has 0 bridgehead atoms. The van der Waals surface area contributed by atoms with Crippen LogP contribution in [-0.2, 0) is 6.54 Å². The Hall–Kier alpha value is -3.58. The molecule has 35 heavy (non-hydrogen) atoms. The number of hydrogen-bond acceptors (Lipinski definition) is 5. The third-order valence-corrected chi connectivity index (χ3v) is 6.92. The number of fused-ring (bicyclic) bond motifs is 1. The van der Waals surface area contributed by atoms with E-state index in [1.165, 1.54) is 0 Å². The second-order valence-electron chi connectivity index (χ2n) is 8.67. The van der Waals surface area contributed by atoms with Crippen LogP contribution in [-0.4, -0.2) is 52.7 Å². The summed E-state index contributed by atoms with van der Waals surface area (Å²) in [6.07, 6.45) is 8.63. The molecule has 0 saturated carbocycles. The zero-order valence-corrected chi connectivity index (χ0v) is 20.5. The normalized spacial score (nSPS) is 14.3. The molecule has 0 atom stereocenters. The van der Waals surface area contributed by atoms with Crippen molar-refractivity contribution >= 4 is 28.4 Å². The molecule has 3 heterocycles. The van der Waals surface area contributed by atoms with Gasteiger partial charge < -0.3 is 18.9 Å². The van der Waals surface area contributed by atoms with Gasteiger partial charge in [-0.1, -0.05) is 23.7 Å². The van der Waals surface area contributed by atoms with E-state index in [2.05, 4.69) is 9.97 Å². The molecular weight excluding hydrogens is 464 g/mol. The maximum Gasteiger partial charge on any atom is 0.256 e. The van der Waals surface area contributed by atoms with Crippen LogP contribution in [0.5, 0.6) is 11.5 Å². The lowest BCUT2D eigenvalue weighted by molar-refractivity contribution is 0.0714. The highest BCUT2D eigenvalue weighted by atomic mass is 35.5. The van der Waals surface area contributed by atoms with Crippen molar-refractivity contribution in [2.75, 3.05) is 27.3 Å². The second-order valence-corrected chi connectivity index (χ2v) is 9.11. The van der Waals surface area contributed by atoms with E-state index in [0.29, 0.717) is 30.2 Å². The Morgan fingerprint density at radius 1 is 1.09 bits per heavy atom. The van der Waals surface area contributed by atoms with Gasteiger partial charge in [-0.25, -0.2) is 0 Å². The molecule has 7 nitrogen and oxygen atoms in total. The number of carbonyl (C=O) groups is 1. The fraction of sp³-hybridized carbons (Fsp3) is 0.296. The first-order chi connectivity index (χ1) is 17.1. The molecular formula is C27H27ClN4O3. The molecule has 1 fully saturated rings. The standard InChI is InChI=1S/C27H27ClN4O3/c1-34-24-4-3-5-25(35-2)26(24)18-8-12-31(13-9-18)27(33)22-17-32(16-20-15-29-10-11-30-20)23-14-19(28)6-7-21(22)23/h3-7,10-11,14-15,17-18H,8-9,12-13,16H2,1-2H3. The maximum atomic E-state index is 13.7. The predicted octanol–water partition coefficient (Wildman–Crippen LogP) is 5.17. The smallest absolute Gasteiger partial charge is 0.256 e. The molecule has 2 aromatic heterocycles. The van der Waals surface area contributed by atoms with E-state index in [-0.39, 0.29) is 11.8 Å². The number of benzene rings is 2. The molecule has 1 aliphatic rings. The van der Waals surface area contributed by atoms with Gasteiger partial charge >= 0.3 is 0 Å². The van der Waals surface area contributed by atoms with Gasteiger partial charge in [0.1, 0.15) is 11.5 Å². The highest BCUT2D eigenvalue weighted by Crippen LogP contribution is 2.40. The molecule has 1 aliphatic heterocycles. The molecule has 1 saturated heterocycles. The number of halogens is 1. The topological polar surface area (TPSA) is 69.5 Å². The van der Waals surface area contributed by atoms with Crippen LogP contribution in [0.15, 0.2) is 61.2 Å². The number of likely N-dealkylation sites (tertiary alicyclic amines) is 1. The monoisotopic (exact) mass is 490 g/mol. The van der Waals surface area contributed by atoms with Gasteiger partial charge in [0.15, 0.2) is 0 Å². The summed E-state index contributed by atoms with van der Waals surface area (Å²) < 4.78 is 13.2. The number of amides is 1. The van der Waals surface area contributed by atoms with Crippen molar-refractivity contribution in [2.24, 2.45) is 0 Å². The van der Waals surface area contributed by atoms with Gasteiger partial charge in [-0.2, -0.15) is 0 Å². The first-order valence-corrected chi connectivity index (χ1v) is 12.0. The van der Waals surface area contributed by atoms with Crippen LogP contribution in [0, 0.1) is 0 Å². The lowest BCUT2D eigenvalue weighted by atomic mass is 9.88. The van der Waals surface area contributed by atoms with E-state index < -0.39 is 0 Å². The van der Waals surface area contributed by atoms with Crippen molar-refractivity contribution < 1.29 is 14.3 Å². The fourth-order valence-electron chi connectivity index (χ4n) is 4.98. The van der Waals surface area contributed by atoms with Crippen LogP contribution >= 0.6 is 11.6 Å². The minimum atomic E-state index is 0.0284. The van der Waals surface area contributed by atoms with Gasteiger partial charge in [-0.05, 0) is 43.0 Å². The fourth-order valence-corrected chi connectivity index (χ4v) is 5.14. The van der Waals surface area contributed by atoms with E-state index >= 15 is 0 Å². The Bertz CT molecular complexity index is 1330. The Balaban J connectivity index is 1.39. The molecule has 0 radical (unpaired) electrons. The number of piperidine rings is 1. The molecule has 180 valence electrons. The van der Waals surface area contributed by atoms with Gasteiger partial charge in [-0.3, -0.25) is 14.8 Å². The maximum absolute atomic E-state index is 13.7. The second kappa shape index (κ2) is 9.96. The number of ether oxygens (including phenoxy) is 2. The number of carbonyl (C=O) groups excluding carboxylic acids is 1. The van der Waals surface area contributed by atoms with Gasteiger partial charge in [0.25, 0.3) is 5.91 Å². The largest absolute Gasteiger partial charge is 0.496 e. The number of rotatable bonds is 6. The van der Waals surface area contributed by atoms with Crippen LogP contribution in [0.4, 0.5) is 0 Å². The molecule has 8 heteroatoms. The van der Waals surface area contributed by atoms with Crippen LogP contribution in [0.3, 0.4) is 0 Å². The molecule has 0 spiro atoms. The van der Waals surface area contributed by atoms with Crippen molar-refractivity contribution in [3.63, 3.8) is 0 Å². The van der Waals surface area contributed by atoms with Crippen molar-refractivity contribution in [1.29, 1.82) is 0 Å². The molecule has 1 amide bonds. The van der Waals surface area contributed by atoms with Crippen LogP contribution in [0.1, 0.15) is 40.4 Å². The lowest BCUT2D eigenvalue weighted by Crippen LogP contribution is -2.38. The average Bonchev–Trinajstić information content (AvgIpc) is 3.25. The highest BCUT2D eigenvalue weighted by molar-refractivity contribution is 6.31. The van der Waals surface area contributed by atoms with E-state index in [1.54, 1.807) is 32.8 Å². The minimum Gasteiger partial charge on any atom is -0.496 e. The van der Waals surface area contributed by atoms with Crippen molar-refractivity contribution in [3.05, 3.63) is 83.0 Å². The first-order valence-electron chi connectivity index (χ1n) is 11.6. The van der Waals surface area contributed by atoms with Gasteiger partial charge in [-0.15, -0.1) is 0 Å². The Labute approximate surface area is 209 Å². The molecule has 2 aromatic carbocycles. The number of hydrogen-bond donors (Lipinski definition) is 0. The summed E-state index contributed by atoms with van der Waals surface area (Å²) in [4.78, 5) is 24.1. The summed E-state index contributed by atoms with van der Waals surface area (Å²) in [5, 5.41) is 1.51. The van der Waals surface area contributed by atoms with Crippen LogP contribution in [0.2, 0.25) is 5.02 Å². The van der Waals surface area contributed by atoms with E-state index in [0.717, 1.165) is 46.5 Å². The molecule has 5 rings (SSSR count). The summed E-state index contributed by atoms with van der Waals surface area (Å²) in [5.74, 6) is 1.96. The molecule has 0 aliphatic carbocycles. The predicted molar refractivity (Wildman–Crippen MR) is 136 cm³/mol. The zero-order chi connectivity index (χ0) is 24.4. The third-order valence-electron chi connectivity index (χ3n) is 6.68. The lowest BCUT2D eigenvalue weighted by Gasteiger charge is -2.33. The SMILES string of the molecule is COc1cccc(OC)c1C1CCN(C(=O)c2cn(Cc3cnccn3)c3cc(Cl)ccc23)CC1. The van der Waals surface area contributed by atoms with Gasteiger partial charge in [0.05, 0.1) is 43.7 Å². The first kappa shape index (κ1) is 23.2. The quantitative estimate of drug-likeness (QED) is 0.373. The van der Waals surface area contributed by atoms with E-state index in [4.69, 9.17) is 21.1 Å². The van der Waals surface area contributed by atoms with E-state index in [1.807, 2.05) is 52.1 Å². The van der Waals surface area contributed by atoms with Gasteiger partial charge in [0.2, 0.25) is 0 Å².